The fourth-order valence-electron chi connectivity index (χ4n) is 2.70. The van der Waals surface area contributed by atoms with Gasteiger partial charge in [-0.2, -0.15) is 0 Å². The second kappa shape index (κ2) is 10.6. The minimum atomic E-state index is -1.19. The van der Waals surface area contributed by atoms with Gasteiger partial charge in [-0.3, -0.25) is 4.79 Å². The van der Waals surface area contributed by atoms with E-state index in [0.29, 0.717) is 37.1 Å². The van der Waals surface area contributed by atoms with Crippen LogP contribution < -0.4 is 24.3 Å². The molecule has 162 valence electrons. The Bertz CT molecular complexity index is 903. The van der Waals surface area contributed by atoms with Crippen LogP contribution in [0.2, 0.25) is 5.02 Å². The summed E-state index contributed by atoms with van der Waals surface area (Å²) >= 11 is 6.16. The maximum atomic E-state index is 12.9. The van der Waals surface area contributed by atoms with Crippen LogP contribution in [0, 0.1) is 0 Å². The number of amides is 1. The van der Waals surface area contributed by atoms with Crippen molar-refractivity contribution in [1.82, 2.24) is 0 Å². The summed E-state index contributed by atoms with van der Waals surface area (Å²) in [6, 6.07) is 5.66. The van der Waals surface area contributed by atoms with Crippen LogP contribution in [-0.4, -0.2) is 43.9 Å². The Kier molecular flexibility index (Phi) is 8.17. The van der Waals surface area contributed by atoms with Crippen LogP contribution in [0.3, 0.4) is 0 Å². The summed E-state index contributed by atoms with van der Waals surface area (Å²) in [5, 5.41) is 12.0. The molecule has 0 heterocycles. The van der Waals surface area contributed by atoms with Crippen LogP contribution in [0.25, 0.3) is 0 Å². The molecule has 1 amide bonds. The zero-order valence-electron chi connectivity index (χ0n) is 17.2. The first-order valence-electron chi connectivity index (χ1n) is 9.34. The van der Waals surface area contributed by atoms with Crippen molar-refractivity contribution in [2.45, 2.75) is 20.8 Å². The Morgan fingerprint density at radius 3 is 1.97 bits per heavy atom. The van der Waals surface area contributed by atoms with E-state index >= 15 is 0 Å². The lowest BCUT2D eigenvalue weighted by Crippen LogP contribution is -2.14. The third kappa shape index (κ3) is 5.27. The van der Waals surface area contributed by atoms with Gasteiger partial charge in [0.1, 0.15) is 11.3 Å². The molecular formula is C21H24ClNO7. The number of rotatable bonds is 10. The number of carboxylic acids is 1. The van der Waals surface area contributed by atoms with Gasteiger partial charge in [-0.05, 0) is 39.0 Å². The minimum absolute atomic E-state index is 0.0579. The molecule has 2 rings (SSSR count). The van der Waals surface area contributed by atoms with E-state index in [1.54, 1.807) is 12.1 Å². The molecule has 8 nitrogen and oxygen atoms in total. The highest BCUT2D eigenvalue weighted by molar-refractivity contribution is 6.34. The molecule has 9 heteroatoms. The Balaban J connectivity index is 2.44. The first-order chi connectivity index (χ1) is 14.4. The first-order valence-corrected chi connectivity index (χ1v) is 9.72. The number of hydrogen-bond donors (Lipinski definition) is 2. The van der Waals surface area contributed by atoms with E-state index in [-0.39, 0.29) is 27.6 Å². The molecule has 0 radical (unpaired) electrons. The predicted molar refractivity (Wildman–Crippen MR) is 113 cm³/mol. The maximum absolute atomic E-state index is 12.9. The summed E-state index contributed by atoms with van der Waals surface area (Å²) in [4.78, 5) is 24.2. The number of hydrogen-bond acceptors (Lipinski definition) is 6. The number of carbonyl (C=O) groups is 2. The predicted octanol–water partition coefficient (Wildman–Crippen LogP) is 4.50. The summed E-state index contributed by atoms with van der Waals surface area (Å²) in [6.07, 6.45) is 0. The Morgan fingerprint density at radius 2 is 1.50 bits per heavy atom. The van der Waals surface area contributed by atoms with Gasteiger partial charge < -0.3 is 29.4 Å². The van der Waals surface area contributed by atoms with Crippen molar-refractivity contribution in [1.29, 1.82) is 0 Å². The van der Waals surface area contributed by atoms with E-state index in [1.807, 2.05) is 20.8 Å². The number of benzene rings is 2. The van der Waals surface area contributed by atoms with Crippen LogP contribution in [0.1, 0.15) is 41.5 Å². The highest BCUT2D eigenvalue weighted by Crippen LogP contribution is 2.39. The number of anilines is 1. The van der Waals surface area contributed by atoms with E-state index in [2.05, 4.69) is 5.32 Å². The van der Waals surface area contributed by atoms with Crippen LogP contribution in [0.5, 0.6) is 23.0 Å². The molecule has 0 bridgehead atoms. The highest BCUT2D eigenvalue weighted by atomic mass is 35.5. The lowest BCUT2D eigenvalue weighted by Gasteiger charge is -2.17. The molecule has 2 aromatic rings. The highest BCUT2D eigenvalue weighted by Gasteiger charge is 2.20. The topological polar surface area (TPSA) is 103 Å². The van der Waals surface area contributed by atoms with Crippen LogP contribution in [0.15, 0.2) is 24.3 Å². The van der Waals surface area contributed by atoms with Gasteiger partial charge in [0, 0.05) is 11.6 Å². The second-order valence-electron chi connectivity index (χ2n) is 5.89. The Morgan fingerprint density at radius 1 is 0.933 bits per heavy atom. The molecule has 0 aromatic heterocycles. The molecule has 0 aliphatic carbocycles. The molecule has 0 saturated carbocycles. The van der Waals surface area contributed by atoms with Crippen molar-refractivity contribution in [3.63, 3.8) is 0 Å². The number of carboxylic acid groups (broad SMARTS) is 1. The van der Waals surface area contributed by atoms with Gasteiger partial charge in [-0.1, -0.05) is 11.6 Å². The van der Waals surface area contributed by atoms with Crippen LogP contribution in [-0.2, 0) is 0 Å². The summed E-state index contributed by atoms with van der Waals surface area (Å²) in [6.45, 7) is 6.61. The van der Waals surface area contributed by atoms with Gasteiger partial charge in [0.15, 0.2) is 11.5 Å². The van der Waals surface area contributed by atoms with E-state index in [0.717, 1.165) is 0 Å². The summed E-state index contributed by atoms with van der Waals surface area (Å²) in [5.41, 5.74) is 0.342. The largest absolute Gasteiger partial charge is 0.496 e. The Labute approximate surface area is 179 Å². The van der Waals surface area contributed by atoms with Crippen molar-refractivity contribution >= 4 is 29.2 Å². The Hall–Kier alpha value is -3.13. The third-order valence-electron chi connectivity index (χ3n) is 3.94. The molecule has 2 N–H and O–H groups in total. The van der Waals surface area contributed by atoms with E-state index in [1.165, 1.54) is 19.2 Å². The molecule has 0 unspecified atom stereocenters. The van der Waals surface area contributed by atoms with Gasteiger partial charge in [-0.15, -0.1) is 0 Å². The standard InChI is InChI=1S/C21H24ClNO7/c1-5-28-17-8-12(9-18(29-6-2)19(17)30-7-3)20(24)23-15-11-16(27-4)13(21(25)26)10-14(15)22/h8-11H,5-7H2,1-4H3,(H,23,24)(H,25,26). The number of carbonyl (C=O) groups excluding carboxylic acids is 1. The second-order valence-corrected chi connectivity index (χ2v) is 6.30. The van der Waals surface area contributed by atoms with Crippen molar-refractivity contribution in [2.24, 2.45) is 0 Å². The summed E-state index contributed by atoms with van der Waals surface area (Å²) < 4.78 is 22.0. The summed E-state index contributed by atoms with van der Waals surface area (Å²) in [7, 11) is 1.33. The van der Waals surface area contributed by atoms with Gasteiger partial charge in [-0.25, -0.2) is 4.79 Å². The molecule has 0 spiro atoms. The first kappa shape index (κ1) is 23.2. The number of aromatic carboxylic acids is 1. The van der Waals surface area contributed by atoms with Gasteiger partial charge in [0.25, 0.3) is 5.91 Å². The van der Waals surface area contributed by atoms with Crippen molar-refractivity contribution in [2.75, 3.05) is 32.2 Å². The molecule has 0 aliphatic rings. The monoisotopic (exact) mass is 437 g/mol. The molecule has 0 fully saturated rings. The SMILES string of the molecule is CCOc1cc(C(=O)Nc2cc(OC)c(C(=O)O)cc2Cl)cc(OCC)c1OCC. The van der Waals surface area contributed by atoms with Gasteiger partial charge in [0.05, 0.1) is 37.6 Å². The van der Waals surface area contributed by atoms with Crippen molar-refractivity contribution in [3.05, 3.63) is 40.4 Å². The van der Waals surface area contributed by atoms with Gasteiger partial charge >= 0.3 is 5.97 Å². The quantitative estimate of drug-likeness (QED) is 0.564. The average molecular weight is 438 g/mol. The number of methoxy groups -OCH3 is 1. The maximum Gasteiger partial charge on any atom is 0.339 e. The smallest absolute Gasteiger partial charge is 0.339 e. The van der Waals surface area contributed by atoms with E-state index < -0.39 is 11.9 Å². The third-order valence-corrected chi connectivity index (χ3v) is 4.25. The zero-order valence-corrected chi connectivity index (χ0v) is 18.0. The van der Waals surface area contributed by atoms with Crippen molar-refractivity contribution < 1.29 is 33.6 Å². The minimum Gasteiger partial charge on any atom is -0.496 e. The van der Waals surface area contributed by atoms with E-state index in [4.69, 9.17) is 30.5 Å². The van der Waals surface area contributed by atoms with E-state index in [9.17, 15) is 14.7 Å². The average Bonchev–Trinajstić information content (AvgIpc) is 2.71. The summed E-state index contributed by atoms with van der Waals surface area (Å²) in [5.74, 6) is -0.448. The van der Waals surface area contributed by atoms with Crippen LogP contribution in [0.4, 0.5) is 5.69 Å². The molecule has 0 saturated heterocycles. The number of ether oxygens (including phenoxy) is 4. The van der Waals surface area contributed by atoms with Gasteiger partial charge in [0.2, 0.25) is 5.75 Å². The molecular weight excluding hydrogens is 414 g/mol. The fourth-order valence-corrected chi connectivity index (χ4v) is 2.91. The van der Waals surface area contributed by atoms with Crippen LogP contribution >= 0.6 is 11.6 Å². The zero-order chi connectivity index (χ0) is 22.3. The lowest BCUT2D eigenvalue weighted by atomic mass is 10.1. The fraction of sp³-hybridized carbons (Fsp3) is 0.333. The van der Waals surface area contributed by atoms with Crippen molar-refractivity contribution in [3.8, 4) is 23.0 Å². The normalized spacial score (nSPS) is 10.3. The lowest BCUT2D eigenvalue weighted by molar-refractivity contribution is 0.0693. The molecule has 30 heavy (non-hydrogen) atoms. The molecule has 2 aromatic carbocycles. The number of halogens is 1. The molecule has 0 aliphatic heterocycles. The number of nitrogens with one attached hydrogen (secondary N) is 1. The molecule has 0 atom stereocenters.